The van der Waals surface area contributed by atoms with Crippen LogP contribution in [0.3, 0.4) is 0 Å². The second-order valence-corrected chi connectivity index (χ2v) is 2.29. The molecule has 1 unspecified atom stereocenters. The predicted molar refractivity (Wildman–Crippen MR) is 44.7 cm³/mol. The Morgan fingerprint density at radius 3 is 2.85 bits per heavy atom. The number of rotatable bonds is 4. The van der Waals surface area contributed by atoms with E-state index in [2.05, 4.69) is 15.3 Å². The van der Waals surface area contributed by atoms with Crippen molar-refractivity contribution in [3.63, 3.8) is 0 Å². The van der Waals surface area contributed by atoms with Crippen molar-refractivity contribution in [3.05, 3.63) is 0 Å². The van der Waals surface area contributed by atoms with E-state index in [1.807, 2.05) is 0 Å². The summed E-state index contributed by atoms with van der Waals surface area (Å²) in [6.07, 6.45) is -0.661. The van der Waals surface area contributed by atoms with Gasteiger partial charge >= 0.3 is 0 Å². The molecule has 1 atom stereocenters. The topological polar surface area (TPSA) is 94.7 Å². The summed E-state index contributed by atoms with van der Waals surface area (Å²) in [5.74, 6) is -0.662. The van der Waals surface area contributed by atoms with Gasteiger partial charge in [0.2, 0.25) is 5.71 Å². The van der Waals surface area contributed by atoms with Crippen LogP contribution in [0.1, 0.15) is 6.92 Å². The first-order valence-corrected chi connectivity index (χ1v) is 3.59. The minimum Gasteiger partial charge on any atom is -0.398 e. The van der Waals surface area contributed by atoms with Gasteiger partial charge in [0.05, 0.1) is 6.10 Å². The minimum absolute atomic E-state index is 0.0727. The molecule has 2 N–H and O–H groups in total. The fraction of sp³-hybridized carbons (Fsp3) is 0.571. The van der Waals surface area contributed by atoms with Crippen LogP contribution in [0.5, 0.6) is 0 Å². The fourth-order valence-electron chi connectivity index (χ4n) is 0.528. The molecule has 72 valence electrons. The van der Waals surface area contributed by atoms with Crippen molar-refractivity contribution in [1.29, 1.82) is 5.26 Å². The number of hydrogen-bond acceptors (Lipinski definition) is 5. The van der Waals surface area contributed by atoms with Gasteiger partial charge in [-0.25, -0.2) is 0 Å². The van der Waals surface area contributed by atoms with Crippen molar-refractivity contribution in [2.24, 2.45) is 5.16 Å². The van der Waals surface area contributed by atoms with Crippen LogP contribution in [0.4, 0.5) is 0 Å². The van der Waals surface area contributed by atoms with Gasteiger partial charge in [-0.3, -0.25) is 4.79 Å². The zero-order valence-corrected chi connectivity index (χ0v) is 7.44. The van der Waals surface area contributed by atoms with Gasteiger partial charge in [0.15, 0.2) is 0 Å². The summed E-state index contributed by atoms with van der Waals surface area (Å²) in [5.41, 5.74) is -0.372. The lowest BCUT2D eigenvalue weighted by atomic mass is 10.3. The maximum Gasteiger partial charge on any atom is 0.284 e. The van der Waals surface area contributed by atoms with Gasteiger partial charge in [-0.1, -0.05) is 5.16 Å². The van der Waals surface area contributed by atoms with Crippen molar-refractivity contribution in [3.8, 4) is 6.07 Å². The van der Waals surface area contributed by atoms with E-state index in [-0.39, 0.29) is 12.3 Å². The van der Waals surface area contributed by atoms with Crippen LogP contribution in [-0.4, -0.2) is 36.5 Å². The molecular weight excluding hydrogens is 174 g/mol. The van der Waals surface area contributed by atoms with Gasteiger partial charge in [-0.05, 0) is 6.92 Å². The molecule has 0 aromatic rings. The number of nitrogens with zero attached hydrogens (tertiary/aromatic N) is 2. The molecule has 0 aliphatic rings. The molecule has 0 fully saturated rings. The van der Waals surface area contributed by atoms with Crippen molar-refractivity contribution in [2.45, 2.75) is 13.0 Å². The summed E-state index contributed by atoms with van der Waals surface area (Å²) < 4.78 is 0. The van der Waals surface area contributed by atoms with Crippen LogP contribution >= 0.6 is 0 Å². The fourth-order valence-corrected chi connectivity index (χ4v) is 0.528. The van der Waals surface area contributed by atoms with E-state index in [9.17, 15) is 4.79 Å². The van der Waals surface area contributed by atoms with E-state index in [0.717, 1.165) is 0 Å². The smallest absolute Gasteiger partial charge is 0.284 e. The molecule has 0 radical (unpaired) electrons. The maximum absolute atomic E-state index is 11.0. The van der Waals surface area contributed by atoms with E-state index in [1.165, 1.54) is 14.0 Å². The average Bonchev–Trinajstić information content (AvgIpc) is 2.10. The lowest BCUT2D eigenvalue weighted by molar-refractivity contribution is -0.115. The maximum atomic E-state index is 11.0. The van der Waals surface area contributed by atoms with E-state index >= 15 is 0 Å². The van der Waals surface area contributed by atoms with Gasteiger partial charge in [0.25, 0.3) is 5.91 Å². The average molecular weight is 185 g/mol. The molecule has 0 rings (SSSR count). The van der Waals surface area contributed by atoms with Crippen LogP contribution in [0.15, 0.2) is 5.16 Å². The second kappa shape index (κ2) is 5.97. The van der Waals surface area contributed by atoms with Crippen molar-refractivity contribution in [1.82, 2.24) is 5.32 Å². The Morgan fingerprint density at radius 1 is 1.85 bits per heavy atom. The lowest BCUT2D eigenvalue weighted by Crippen LogP contribution is -2.35. The molecule has 0 heterocycles. The van der Waals surface area contributed by atoms with Gasteiger partial charge in [0.1, 0.15) is 13.2 Å². The summed E-state index contributed by atoms with van der Waals surface area (Å²) in [4.78, 5) is 15.3. The highest BCUT2D eigenvalue weighted by molar-refractivity contribution is 6.45. The van der Waals surface area contributed by atoms with Crippen LogP contribution in [-0.2, 0) is 9.63 Å². The molecule has 1 amide bonds. The van der Waals surface area contributed by atoms with E-state index in [0.29, 0.717) is 0 Å². The molecule has 0 bridgehead atoms. The molecule has 0 aromatic carbocycles. The molecule has 0 aromatic heterocycles. The molecule has 0 saturated heterocycles. The summed E-state index contributed by atoms with van der Waals surface area (Å²) in [6, 6.07) is 1.56. The number of carbonyl (C=O) groups excluding carboxylic acids is 1. The number of aliphatic hydroxyl groups is 1. The highest BCUT2D eigenvalue weighted by Crippen LogP contribution is 1.81. The standard InChI is InChI=1S/C7H11N3O3/c1-5(11)4-9-7(12)6(3-8)10-13-2/h5,11H,4H2,1-2H3,(H,9,12)/b10-6+. The molecule has 6 nitrogen and oxygen atoms in total. The predicted octanol–water partition coefficient (Wildman–Crippen LogP) is -0.991. The van der Waals surface area contributed by atoms with Crippen LogP contribution in [0, 0.1) is 11.3 Å². The zero-order chi connectivity index (χ0) is 10.3. The van der Waals surface area contributed by atoms with Crippen LogP contribution in [0.2, 0.25) is 0 Å². The summed E-state index contributed by atoms with van der Waals surface area (Å²) in [6.45, 7) is 1.59. The monoisotopic (exact) mass is 185 g/mol. The lowest BCUT2D eigenvalue weighted by Gasteiger charge is -2.04. The quantitative estimate of drug-likeness (QED) is 0.434. The molecule has 0 saturated carbocycles. The van der Waals surface area contributed by atoms with Crippen molar-refractivity contribution in [2.75, 3.05) is 13.7 Å². The number of amides is 1. The largest absolute Gasteiger partial charge is 0.398 e. The highest BCUT2D eigenvalue weighted by atomic mass is 16.6. The second-order valence-electron chi connectivity index (χ2n) is 2.29. The number of aliphatic hydroxyl groups excluding tert-OH is 1. The number of hydrogen-bond donors (Lipinski definition) is 2. The Kier molecular flexibility index (Phi) is 5.23. The normalized spacial score (nSPS) is 12.9. The summed E-state index contributed by atoms with van der Waals surface area (Å²) in [5, 5.41) is 22.7. The SMILES string of the molecule is CO/N=C(\C#N)C(=O)NCC(C)O. The van der Waals surface area contributed by atoms with Crippen LogP contribution < -0.4 is 5.32 Å². The Balaban J connectivity index is 4.10. The molecular formula is C7H11N3O3. The molecule has 13 heavy (non-hydrogen) atoms. The van der Waals surface area contributed by atoms with Gasteiger partial charge in [0, 0.05) is 6.54 Å². The number of carbonyl (C=O) groups is 1. The third-order valence-electron chi connectivity index (χ3n) is 1.06. The zero-order valence-electron chi connectivity index (χ0n) is 7.44. The number of nitrogens with one attached hydrogen (secondary N) is 1. The summed E-state index contributed by atoms with van der Waals surface area (Å²) in [7, 11) is 1.24. The molecule has 0 spiro atoms. The van der Waals surface area contributed by atoms with Crippen molar-refractivity contribution >= 4 is 11.6 Å². The van der Waals surface area contributed by atoms with Gasteiger partial charge < -0.3 is 15.3 Å². The third-order valence-corrected chi connectivity index (χ3v) is 1.06. The Labute approximate surface area is 75.8 Å². The first-order chi connectivity index (χ1) is 6.11. The summed E-state index contributed by atoms with van der Waals surface area (Å²) >= 11 is 0. The van der Waals surface area contributed by atoms with Gasteiger partial charge in [-0.2, -0.15) is 5.26 Å². The van der Waals surface area contributed by atoms with E-state index in [1.54, 1.807) is 6.07 Å². The van der Waals surface area contributed by atoms with Crippen LogP contribution in [0.25, 0.3) is 0 Å². The van der Waals surface area contributed by atoms with E-state index in [4.69, 9.17) is 10.4 Å². The number of oxime groups is 1. The molecule has 0 aliphatic heterocycles. The first kappa shape index (κ1) is 11.4. The Bertz CT molecular complexity index is 242. The minimum atomic E-state index is -0.662. The van der Waals surface area contributed by atoms with Gasteiger partial charge in [-0.15, -0.1) is 0 Å². The third kappa shape index (κ3) is 4.76. The Hall–Kier alpha value is -1.61. The van der Waals surface area contributed by atoms with E-state index < -0.39 is 12.0 Å². The number of nitriles is 1. The Morgan fingerprint density at radius 2 is 2.46 bits per heavy atom. The molecule has 0 aliphatic carbocycles. The first-order valence-electron chi connectivity index (χ1n) is 3.59. The van der Waals surface area contributed by atoms with Crippen molar-refractivity contribution < 1.29 is 14.7 Å². The highest BCUT2D eigenvalue weighted by Gasteiger charge is 2.11. The molecule has 6 heteroatoms.